The number of anilines is 1. The molecule has 4 heterocycles. The van der Waals surface area contributed by atoms with Crippen molar-refractivity contribution in [3.05, 3.63) is 35.0 Å². The number of fused-ring (bicyclic) bond motifs is 2. The molecule has 2 aliphatic rings. The summed E-state index contributed by atoms with van der Waals surface area (Å²) in [7, 11) is 0. The predicted octanol–water partition coefficient (Wildman–Crippen LogP) is 3.35. The maximum atomic E-state index is 4.68. The van der Waals surface area contributed by atoms with Gasteiger partial charge in [-0.15, -0.1) is 11.3 Å². The summed E-state index contributed by atoms with van der Waals surface area (Å²) in [4.78, 5) is 18.5. The zero-order chi connectivity index (χ0) is 15.4. The minimum Gasteiger partial charge on any atom is -0.350 e. The van der Waals surface area contributed by atoms with Crippen LogP contribution in [0.4, 0.5) is 5.82 Å². The first-order chi connectivity index (χ1) is 11.3. The topological polar surface area (TPSA) is 46.8 Å². The number of hydrogen-bond acceptors (Lipinski definition) is 5. The summed E-state index contributed by atoms with van der Waals surface area (Å²) < 4.78 is 2.40. The number of hydrogen-bond donors (Lipinski definition) is 0. The Kier molecular flexibility index (Phi) is 2.95. The zero-order valence-corrected chi connectivity index (χ0v) is 14.0. The zero-order valence-electron chi connectivity index (χ0n) is 13.2. The highest BCUT2D eigenvalue weighted by Gasteiger charge is 2.30. The first kappa shape index (κ1) is 13.5. The van der Waals surface area contributed by atoms with Crippen molar-refractivity contribution < 1.29 is 0 Å². The third-order valence-corrected chi connectivity index (χ3v) is 6.08. The Bertz CT molecular complexity index is 876. The molecule has 0 bridgehead atoms. The molecule has 0 saturated heterocycles. The van der Waals surface area contributed by atoms with Gasteiger partial charge in [0.25, 0.3) is 0 Å². The fourth-order valence-corrected chi connectivity index (χ4v) is 4.43. The van der Waals surface area contributed by atoms with E-state index >= 15 is 0 Å². The summed E-state index contributed by atoms with van der Waals surface area (Å²) >= 11 is 1.78. The fourth-order valence-electron chi connectivity index (χ4n) is 3.50. The van der Waals surface area contributed by atoms with Crippen LogP contribution in [-0.4, -0.2) is 26.1 Å². The van der Waals surface area contributed by atoms with Gasteiger partial charge in [0.2, 0.25) is 0 Å². The van der Waals surface area contributed by atoms with Gasteiger partial charge in [-0.25, -0.2) is 15.0 Å². The SMILES string of the molecule is CCc1cc2c(N3CCc4c(ncn4C4CC4)C3)ncnc2s1. The molecule has 0 radical (unpaired) electrons. The molecule has 3 aromatic rings. The highest BCUT2D eigenvalue weighted by molar-refractivity contribution is 7.18. The first-order valence-electron chi connectivity index (χ1n) is 8.36. The second kappa shape index (κ2) is 5.03. The van der Waals surface area contributed by atoms with Gasteiger partial charge in [0, 0.05) is 29.6 Å². The summed E-state index contributed by atoms with van der Waals surface area (Å²) in [6.45, 7) is 4.06. The molecule has 3 aromatic heterocycles. The van der Waals surface area contributed by atoms with Crippen molar-refractivity contribution in [2.45, 2.75) is 45.2 Å². The molecule has 5 nitrogen and oxygen atoms in total. The number of aromatic nitrogens is 4. The molecule has 5 rings (SSSR count). The van der Waals surface area contributed by atoms with Crippen LogP contribution in [0, 0.1) is 0 Å². The maximum absolute atomic E-state index is 4.68. The molecule has 23 heavy (non-hydrogen) atoms. The van der Waals surface area contributed by atoms with Gasteiger partial charge in [-0.1, -0.05) is 6.92 Å². The van der Waals surface area contributed by atoms with Crippen LogP contribution in [0.2, 0.25) is 0 Å². The normalized spacial score (nSPS) is 17.7. The Morgan fingerprint density at radius 2 is 2.17 bits per heavy atom. The lowest BCUT2D eigenvalue weighted by atomic mass is 10.1. The second-order valence-electron chi connectivity index (χ2n) is 6.43. The molecule has 1 fully saturated rings. The van der Waals surface area contributed by atoms with E-state index in [-0.39, 0.29) is 0 Å². The number of rotatable bonds is 3. The van der Waals surface area contributed by atoms with Crippen molar-refractivity contribution in [1.82, 2.24) is 19.5 Å². The second-order valence-corrected chi connectivity index (χ2v) is 7.55. The molecule has 0 unspecified atom stereocenters. The average molecular weight is 325 g/mol. The minimum absolute atomic E-state index is 0.715. The van der Waals surface area contributed by atoms with Crippen molar-refractivity contribution >= 4 is 27.4 Å². The van der Waals surface area contributed by atoms with Crippen molar-refractivity contribution in [2.24, 2.45) is 0 Å². The molecule has 0 amide bonds. The third-order valence-electron chi connectivity index (χ3n) is 4.89. The van der Waals surface area contributed by atoms with Gasteiger partial charge in [-0.2, -0.15) is 0 Å². The van der Waals surface area contributed by atoms with E-state index in [1.165, 1.54) is 34.5 Å². The standard InChI is InChI=1S/C17H19N5S/c1-2-12-7-13-16(18-9-19-17(13)23-12)21-6-5-15-14(8-21)20-10-22(15)11-3-4-11/h7,9-11H,2-6,8H2,1H3. The largest absolute Gasteiger partial charge is 0.350 e. The summed E-state index contributed by atoms with van der Waals surface area (Å²) in [5.41, 5.74) is 2.66. The quantitative estimate of drug-likeness (QED) is 0.741. The summed E-state index contributed by atoms with van der Waals surface area (Å²) in [6.07, 6.45) is 8.48. The van der Waals surface area contributed by atoms with E-state index in [9.17, 15) is 0 Å². The van der Waals surface area contributed by atoms with E-state index in [1.807, 2.05) is 6.33 Å². The van der Waals surface area contributed by atoms with E-state index in [0.717, 1.165) is 36.6 Å². The number of imidazole rings is 1. The molecule has 6 heteroatoms. The smallest absolute Gasteiger partial charge is 0.141 e. The van der Waals surface area contributed by atoms with Crippen LogP contribution in [0.25, 0.3) is 10.2 Å². The Morgan fingerprint density at radius 1 is 1.26 bits per heavy atom. The van der Waals surface area contributed by atoms with Gasteiger partial charge in [0.1, 0.15) is 17.0 Å². The molecular weight excluding hydrogens is 306 g/mol. The van der Waals surface area contributed by atoms with E-state index in [1.54, 1.807) is 17.7 Å². The molecule has 1 saturated carbocycles. The molecule has 0 N–H and O–H groups in total. The molecular formula is C17H19N5S. The summed E-state index contributed by atoms with van der Waals surface area (Å²) in [6, 6.07) is 2.97. The van der Waals surface area contributed by atoms with Crippen LogP contribution in [0.1, 0.15) is 42.1 Å². The lowest BCUT2D eigenvalue weighted by molar-refractivity contribution is 0.639. The highest BCUT2D eigenvalue weighted by atomic mass is 32.1. The summed E-state index contributed by atoms with van der Waals surface area (Å²) in [5, 5.41) is 1.19. The van der Waals surface area contributed by atoms with Crippen molar-refractivity contribution in [3.8, 4) is 0 Å². The fraction of sp³-hybridized carbons (Fsp3) is 0.471. The third kappa shape index (κ3) is 2.16. The van der Waals surface area contributed by atoms with E-state index < -0.39 is 0 Å². The van der Waals surface area contributed by atoms with E-state index in [4.69, 9.17) is 0 Å². The van der Waals surface area contributed by atoms with E-state index in [2.05, 4.69) is 37.4 Å². The van der Waals surface area contributed by atoms with Gasteiger partial charge in [0.15, 0.2) is 0 Å². The minimum atomic E-state index is 0.715. The van der Waals surface area contributed by atoms with Gasteiger partial charge in [-0.3, -0.25) is 0 Å². The van der Waals surface area contributed by atoms with Crippen LogP contribution >= 0.6 is 11.3 Å². The number of aryl methyl sites for hydroxylation is 1. The lowest BCUT2D eigenvalue weighted by Crippen LogP contribution is -2.32. The average Bonchev–Trinajstić information content (AvgIpc) is 3.20. The molecule has 118 valence electrons. The summed E-state index contributed by atoms with van der Waals surface area (Å²) in [5.74, 6) is 1.07. The number of thiophene rings is 1. The van der Waals surface area contributed by atoms with Gasteiger partial charge in [0.05, 0.1) is 24.0 Å². The Morgan fingerprint density at radius 3 is 3.00 bits per heavy atom. The van der Waals surface area contributed by atoms with Crippen LogP contribution in [0.5, 0.6) is 0 Å². The molecule has 1 aliphatic heterocycles. The first-order valence-corrected chi connectivity index (χ1v) is 9.18. The van der Waals surface area contributed by atoms with Gasteiger partial charge >= 0.3 is 0 Å². The van der Waals surface area contributed by atoms with Gasteiger partial charge < -0.3 is 9.47 Å². The monoisotopic (exact) mass is 325 g/mol. The van der Waals surface area contributed by atoms with Crippen molar-refractivity contribution in [3.63, 3.8) is 0 Å². The van der Waals surface area contributed by atoms with Gasteiger partial charge in [-0.05, 0) is 25.3 Å². The Hall–Kier alpha value is -1.95. The number of nitrogens with zero attached hydrogens (tertiary/aromatic N) is 5. The van der Waals surface area contributed by atoms with Crippen LogP contribution in [-0.2, 0) is 19.4 Å². The van der Waals surface area contributed by atoms with Crippen molar-refractivity contribution in [1.29, 1.82) is 0 Å². The Balaban J connectivity index is 1.51. The van der Waals surface area contributed by atoms with Crippen LogP contribution < -0.4 is 4.90 Å². The lowest BCUT2D eigenvalue weighted by Gasteiger charge is -2.28. The predicted molar refractivity (Wildman–Crippen MR) is 92.0 cm³/mol. The maximum Gasteiger partial charge on any atom is 0.141 e. The van der Waals surface area contributed by atoms with Crippen LogP contribution in [0.15, 0.2) is 18.7 Å². The van der Waals surface area contributed by atoms with Crippen LogP contribution in [0.3, 0.4) is 0 Å². The molecule has 0 atom stereocenters. The Labute approximate surface area is 139 Å². The molecule has 1 aliphatic carbocycles. The molecule has 0 aromatic carbocycles. The highest BCUT2D eigenvalue weighted by Crippen LogP contribution is 2.38. The molecule has 0 spiro atoms. The van der Waals surface area contributed by atoms with Crippen molar-refractivity contribution in [2.75, 3.05) is 11.4 Å². The van der Waals surface area contributed by atoms with E-state index in [0.29, 0.717) is 6.04 Å².